The van der Waals surface area contributed by atoms with Crippen LogP contribution in [0.4, 0.5) is 0 Å². The van der Waals surface area contributed by atoms with Gasteiger partial charge in [0.25, 0.3) is 0 Å². The molecule has 2 heterocycles. The fourth-order valence-corrected chi connectivity index (χ4v) is 3.28. The molecule has 2 atom stereocenters. The second-order valence-electron chi connectivity index (χ2n) is 5.46. The van der Waals surface area contributed by atoms with Crippen LogP contribution >= 0.6 is 0 Å². The minimum absolute atomic E-state index is 0.163. The normalized spacial score (nSPS) is 23.5. The van der Waals surface area contributed by atoms with Gasteiger partial charge in [-0.25, -0.2) is 0 Å². The van der Waals surface area contributed by atoms with Gasteiger partial charge in [0.15, 0.2) is 0 Å². The van der Waals surface area contributed by atoms with E-state index in [-0.39, 0.29) is 12.1 Å². The van der Waals surface area contributed by atoms with Gasteiger partial charge in [-0.15, -0.1) is 0 Å². The number of pyridine rings is 1. The summed E-state index contributed by atoms with van der Waals surface area (Å²) in [7, 11) is 1.98. The Hall–Kier alpha value is -1.49. The quantitative estimate of drug-likeness (QED) is 0.934. The number of rotatable bonds is 4. The fraction of sp³-hybridized carbons (Fsp3) is 0.471. The summed E-state index contributed by atoms with van der Waals surface area (Å²) in [5.41, 5.74) is 2.37. The molecule has 112 valence electrons. The monoisotopic (exact) mass is 285 g/mol. The van der Waals surface area contributed by atoms with Crippen LogP contribution in [0.2, 0.25) is 0 Å². The Bertz CT molecular complexity index is 594. The number of hydrogen-bond donors (Lipinski definition) is 1. The van der Waals surface area contributed by atoms with Crippen LogP contribution in [-0.2, 0) is 4.74 Å². The Morgan fingerprint density at radius 1 is 1.33 bits per heavy atom. The maximum Gasteiger partial charge on any atom is 0.0897 e. The van der Waals surface area contributed by atoms with Gasteiger partial charge < -0.3 is 10.1 Å². The number of morpholine rings is 1. The Labute approximate surface area is 126 Å². The van der Waals surface area contributed by atoms with Crippen molar-refractivity contribution in [3.8, 4) is 0 Å². The summed E-state index contributed by atoms with van der Waals surface area (Å²) in [6.45, 7) is 5.87. The Kier molecular flexibility index (Phi) is 4.48. The highest BCUT2D eigenvalue weighted by Gasteiger charge is 2.33. The van der Waals surface area contributed by atoms with Gasteiger partial charge in [-0.1, -0.05) is 31.2 Å². The van der Waals surface area contributed by atoms with E-state index in [4.69, 9.17) is 4.74 Å². The van der Waals surface area contributed by atoms with E-state index in [1.165, 1.54) is 10.9 Å². The van der Waals surface area contributed by atoms with E-state index < -0.39 is 0 Å². The molecule has 1 aromatic heterocycles. The molecule has 21 heavy (non-hydrogen) atoms. The molecule has 3 rings (SSSR count). The minimum atomic E-state index is 0.163. The van der Waals surface area contributed by atoms with Gasteiger partial charge in [-0.05, 0) is 25.2 Å². The van der Waals surface area contributed by atoms with E-state index in [0.717, 1.165) is 31.8 Å². The molecule has 0 spiro atoms. The highest BCUT2D eigenvalue weighted by atomic mass is 16.5. The summed E-state index contributed by atoms with van der Waals surface area (Å²) in [5, 5.41) is 4.45. The van der Waals surface area contributed by atoms with Crippen molar-refractivity contribution in [2.24, 2.45) is 0 Å². The lowest BCUT2D eigenvalue weighted by atomic mass is 9.95. The molecular formula is C17H23N3O. The van der Waals surface area contributed by atoms with Crippen molar-refractivity contribution < 1.29 is 4.74 Å². The first-order valence-corrected chi connectivity index (χ1v) is 7.69. The van der Waals surface area contributed by atoms with Crippen molar-refractivity contribution in [1.29, 1.82) is 0 Å². The SMILES string of the molecule is CCN1CCOC(CNC)C1c1cccc2cccnc12. The van der Waals surface area contributed by atoms with Gasteiger partial charge in [-0.3, -0.25) is 9.88 Å². The third-order valence-corrected chi connectivity index (χ3v) is 4.25. The molecule has 1 fully saturated rings. The van der Waals surface area contributed by atoms with E-state index in [1.807, 2.05) is 19.3 Å². The number of hydrogen-bond acceptors (Lipinski definition) is 4. The van der Waals surface area contributed by atoms with Crippen molar-refractivity contribution in [1.82, 2.24) is 15.2 Å². The first-order valence-electron chi connectivity index (χ1n) is 7.69. The predicted molar refractivity (Wildman–Crippen MR) is 85.4 cm³/mol. The molecule has 0 aliphatic carbocycles. The molecule has 0 bridgehead atoms. The second-order valence-corrected chi connectivity index (χ2v) is 5.46. The van der Waals surface area contributed by atoms with Crippen LogP contribution in [0.15, 0.2) is 36.5 Å². The van der Waals surface area contributed by atoms with Crippen LogP contribution in [0.1, 0.15) is 18.5 Å². The van der Waals surface area contributed by atoms with Gasteiger partial charge in [0, 0.05) is 24.7 Å². The van der Waals surface area contributed by atoms with Gasteiger partial charge in [0.2, 0.25) is 0 Å². The average molecular weight is 285 g/mol. The van der Waals surface area contributed by atoms with E-state index in [1.54, 1.807) is 0 Å². The van der Waals surface area contributed by atoms with Crippen molar-refractivity contribution in [2.45, 2.75) is 19.1 Å². The summed E-state index contributed by atoms with van der Waals surface area (Å²) >= 11 is 0. The zero-order chi connectivity index (χ0) is 14.7. The summed E-state index contributed by atoms with van der Waals surface area (Å²) < 4.78 is 6.03. The Balaban J connectivity index is 2.07. The van der Waals surface area contributed by atoms with E-state index in [2.05, 4.69) is 46.4 Å². The lowest BCUT2D eigenvalue weighted by Gasteiger charge is -2.41. The molecule has 1 aromatic carbocycles. The minimum Gasteiger partial charge on any atom is -0.374 e. The van der Waals surface area contributed by atoms with Crippen LogP contribution < -0.4 is 5.32 Å². The molecule has 4 nitrogen and oxygen atoms in total. The molecule has 2 unspecified atom stereocenters. The highest BCUT2D eigenvalue weighted by molar-refractivity contribution is 5.82. The van der Waals surface area contributed by atoms with E-state index in [0.29, 0.717) is 0 Å². The number of fused-ring (bicyclic) bond motifs is 1. The summed E-state index contributed by atoms with van der Waals surface area (Å²) in [6, 6.07) is 10.8. The van der Waals surface area contributed by atoms with Crippen LogP contribution in [0.25, 0.3) is 10.9 Å². The van der Waals surface area contributed by atoms with Crippen LogP contribution in [0.3, 0.4) is 0 Å². The number of para-hydroxylation sites is 1. The largest absolute Gasteiger partial charge is 0.374 e. The zero-order valence-electron chi connectivity index (χ0n) is 12.7. The van der Waals surface area contributed by atoms with Gasteiger partial charge >= 0.3 is 0 Å². The van der Waals surface area contributed by atoms with Gasteiger partial charge in [0.05, 0.1) is 24.3 Å². The summed E-state index contributed by atoms with van der Waals surface area (Å²) in [5.74, 6) is 0. The van der Waals surface area contributed by atoms with Crippen LogP contribution in [-0.4, -0.2) is 49.3 Å². The molecule has 1 aliphatic rings. The first kappa shape index (κ1) is 14.4. The lowest BCUT2D eigenvalue weighted by molar-refractivity contribution is -0.0682. The molecular weight excluding hydrogens is 262 g/mol. The van der Waals surface area contributed by atoms with Crippen molar-refractivity contribution in [3.63, 3.8) is 0 Å². The summed E-state index contributed by atoms with van der Waals surface area (Å²) in [6.07, 6.45) is 2.04. The lowest BCUT2D eigenvalue weighted by Crippen LogP contribution is -2.48. The van der Waals surface area contributed by atoms with Gasteiger partial charge in [-0.2, -0.15) is 0 Å². The Morgan fingerprint density at radius 3 is 3.00 bits per heavy atom. The molecule has 0 amide bonds. The van der Waals surface area contributed by atoms with E-state index in [9.17, 15) is 0 Å². The van der Waals surface area contributed by atoms with Crippen molar-refractivity contribution in [3.05, 3.63) is 42.1 Å². The molecule has 1 aliphatic heterocycles. The van der Waals surface area contributed by atoms with Crippen molar-refractivity contribution in [2.75, 3.05) is 33.3 Å². The number of likely N-dealkylation sites (N-methyl/N-ethyl adjacent to an activating group) is 2. The molecule has 2 aromatic rings. The van der Waals surface area contributed by atoms with Crippen LogP contribution in [0.5, 0.6) is 0 Å². The van der Waals surface area contributed by atoms with E-state index >= 15 is 0 Å². The van der Waals surface area contributed by atoms with Gasteiger partial charge in [0.1, 0.15) is 0 Å². The molecule has 1 N–H and O–H groups in total. The maximum atomic E-state index is 6.03. The van der Waals surface area contributed by atoms with Crippen LogP contribution in [0, 0.1) is 0 Å². The first-order chi connectivity index (χ1) is 10.3. The molecule has 4 heteroatoms. The third-order valence-electron chi connectivity index (χ3n) is 4.25. The number of nitrogens with one attached hydrogen (secondary N) is 1. The number of benzene rings is 1. The number of aromatic nitrogens is 1. The number of ether oxygens (including phenoxy) is 1. The predicted octanol–water partition coefficient (Wildman–Crippen LogP) is 2.22. The average Bonchev–Trinajstić information content (AvgIpc) is 2.54. The molecule has 0 radical (unpaired) electrons. The van der Waals surface area contributed by atoms with Crippen molar-refractivity contribution >= 4 is 10.9 Å². The standard InChI is InChI=1S/C17H23N3O/c1-3-20-10-11-21-15(12-18-2)17(20)14-8-4-6-13-7-5-9-19-16(13)14/h4-9,15,17-18H,3,10-12H2,1-2H3. The second kappa shape index (κ2) is 6.52. The third kappa shape index (κ3) is 2.79. The fourth-order valence-electron chi connectivity index (χ4n) is 3.28. The topological polar surface area (TPSA) is 37.4 Å². The Morgan fingerprint density at radius 2 is 2.19 bits per heavy atom. The summed E-state index contributed by atoms with van der Waals surface area (Å²) in [4.78, 5) is 7.11. The molecule has 0 saturated carbocycles. The highest BCUT2D eigenvalue weighted by Crippen LogP contribution is 2.32. The maximum absolute atomic E-state index is 6.03. The smallest absolute Gasteiger partial charge is 0.0897 e. The molecule has 1 saturated heterocycles. The number of nitrogens with zero attached hydrogens (tertiary/aromatic N) is 2. The zero-order valence-corrected chi connectivity index (χ0v) is 12.7.